The van der Waals surface area contributed by atoms with Crippen molar-refractivity contribution in [1.82, 2.24) is 0 Å². The van der Waals surface area contributed by atoms with Crippen molar-refractivity contribution < 1.29 is 9.18 Å². The Morgan fingerprint density at radius 3 is 3.27 bits per heavy atom. The fourth-order valence-corrected chi connectivity index (χ4v) is 2.21. The van der Waals surface area contributed by atoms with E-state index < -0.39 is 6.17 Å². The summed E-state index contributed by atoms with van der Waals surface area (Å²) in [5.74, 6) is -0.326. The number of ketones is 1. The van der Waals surface area contributed by atoms with E-state index in [1.165, 1.54) is 0 Å². The molecule has 1 aromatic heterocycles. The molecule has 0 spiro atoms. The molecule has 58 valence electrons. The number of aryl methyl sites for hydroxylation is 1. The van der Waals surface area contributed by atoms with E-state index in [-0.39, 0.29) is 5.78 Å². The molecule has 0 N–H and O–H groups in total. The summed E-state index contributed by atoms with van der Waals surface area (Å²) >= 11 is 1.54. The van der Waals surface area contributed by atoms with Crippen molar-refractivity contribution >= 4 is 17.1 Å². The van der Waals surface area contributed by atoms with Gasteiger partial charge in [-0.15, -0.1) is 11.3 Å². The van der Waals surface area contributed by atoms with Crippen LogP contribution in [0.25, 0.3) is 0 Å². The van der Waals surface area contributed by atoms with E-state index in [1.807, 2.05) is 5.38 Å². The molecule has 1 aliphatic rings. The van der Waals surface area contributed by atoms with Crippen LogP contribution in [-0.4, -0.2) is 12.0 Å². The predicted octanol–water partition coefficient (Wildman–Crippen LogP) is 2.22. The monoisotopic (exact) mass is 170 g/mol. The SMILES string of the molecule is O=C1c2ccsc2CC[C@H]1F. The number of alkyl halides is 1. The smallest absolute Gasteiger partial charge is 0.198 e. The van der Waals surface area contributed by atoms with Crippen LogP contribution in [0.4, 0.5) is 4.39 Å². The van der Waals surface area contributed by atoms with E-state index in [1.54, 1.807) is 17.4 Å². The molecule has 0 aliphatic heterocycles. The average Bonchev–Trinajstić information content (AvgIpc) is 2.45. The van der Waals surface area contributed by atoms with Gasteiger partial charge >= 0.3 is 0 Å². The van der Waals surface area contributed by atoms with Gasteiger partial charge in [0.25, 0.3) is 0 Å². The second-order valence-corrected chi connectivity index (χ2v) is 3.63. The number of rotatable bonds is 0. The first-order chi connectivity index (χ1) is 5.29. The Balaban J connectivity index is 2.46. The second-order valence-electron chi connectivity index (χ2n) is 2.63. The summed E-state index contributed by atoms with van der Waals surface area (Å²) in [6.07, 6.45) is -0.163. The average molecular weight is 170 g/mol. The van der Waals surface area contributed by atoms with Crippen LogP contribution in [0.2, 0.25) is 0 Å². The highest BCUT2D eigenvalue weighted by Crippen LogP contribution is 2.27. The molecular formula is C8H7FOS. The van der Waals surface area contributed by atoms with E-state index in [0.717, 1.165) is 11.3 Å². The largest absolute Gasteiger partial charge is 0.291 e. The van der Waals surface area contributed by atoms with Gasteiger partial charge in [0.2, 0.25) is 0 Å². The van der Waals surface area contributed by atoms with Crippen LogP contribution in [-0.2, 0) is 6.42 Å². The van der Waals surface area contributed by atoms with Gasteiger partial charge in [-0.2, -0.15) is 0 Å². The van der Waals surface area contributed by atoms with E-state index in [9.17, 15) is 9.18 Å². The van der Waals surface area contributed by atoms with Crippen LogP contribution in [0.3, 0.4) is 0 Å². The number of halogens is 1. The summed E-state index contributed by atoms with van der Waals surface area (Å²) in [6, 6.07) is 1.72. The highest BCUT2D eigenvalue weighted by Gasteiger charge is 2.27. The molecule has 0 fully saturated rings. The third kappa shape index (κ3) is 0.997. The molecule has 2 rings (SSSR count). The molecule has 0 amide bonds. The fraction of sp³-hybridized carbons (Fsp3) is 0.375. The van der Waals surface area contributed by atoms with Crippen molar-refractivity contribution in [2.75, 3.05) is 0 Å². The summed E-state index contributed by atoms with van der Waals surface area (Å²) in [4.78, 5) is 12.2. The van der Waals surface area contributed by atoms with Gasteiger partial charge in [-0.3, -0.25) is 4.79 Å². The van der Waals surface area contributed by atoms with E-state index in [0.29, 0.717) is 12.0 Å². The molecule has 0 unspecified atom stereocenters. The Kier molecular flexibility index (Phi) is 1.53. The van der Waals surface area contributed by atoms with Crippen LogP contribution >= 0.6 is 11.3 Å². The highest BCUT2D eigenvalue weighted by molar-refractivity contribution is 7.10. The third-order valence-electron chi connectivity index (χ3n) is 1.92. The Bertz CT molecular complexity index is 292. The number of carbonyl (C=O) groups excluding carboxylic acids is 1. The minimum atomic E-state index is -1.25. The standard InChI is InChI=1S/C8H7FOS/c9-6-1-2-7-5(8(6)10)3-4-11-7/h3-4,6H,1-2H2/t6-/m1/s1. The van der Waals surface area contributed by atoms with Crippen molar-refractivity contribution in [1.29, 1.82) is 0 Å². The lowest BCUT2D eigenvalue weighted by Gasteiger charge is -2.12. The van der Waals surface area contributed by atoms with Gasteiger partial charge in [-0.25, -0.2) is 4.39 Å². The molecule has 1 atom stereocenters. The topological polar surface area (TPSA) is 17.1 Å². The molecule has 1 aromatic rings. The van der Waals surface area contributed by atoms with Crippen molar-refractivity contribution in [2.45, 2.75) is 19.0 Å². The summed E-state index contributed by atoms with van der Waals surface area (Å²) in [7, 11) is 0. The Morgan fingerprint density at radius 2 is 2.45 bits per heavy atom. The summed E-state index contributed by atoms with van der Waals surface area (Å²) in [6.45, 7) is 0. The molecule has 11 heavy (non-hydrogen) atoms. The maximum Gasteiger partial charge on any atom is 0.198 e. The maximum atomic E-state index is 12.8. The second kappa shape index (κ2) is 2.41. The number of Topliss-reactive ketones (excluding diaryl/α,β-unsaturated/α-hetero) is 1. The maximum absolute atomic E-state index is 12.8. The number of hydrogen-bond acceptors (Lipinski definition) is 2. The first-order valence-electron chi connectivity index (χ1n) is 3.53. The minimum absolute atomic E-state index is 0.326. The van der Waals surface area contributed by atoms with Gasteiger partial charge in [0.1, 0.15) is 0 Å². The van der Waals surface area contributed by atoms with Crippen molar-refractivity contribution in [3.05, 3.63) is 21.9 Å². The number of carbonyl (C=O) groups is 1. The minimum Gasteiger partial charge on any atom is -0.291 e. The van der Waals surface area contributed by atoms with Gasteiger partial charge in [0.05, 0.1) is 0 Å². The van der Waals surface area contributed by atoms with Crippen LogP contribution in [0.1, 0.15) is 21.7 Å². The van der Waals surface area contributed by atoms with Crippen LogP contribution in [0, 0.1) is 0 Å². The van der Waals surface area contributed by atoms with Gasteiger partial charge in [0, 0.05) is 10.4 Å². The normalized spacial score (nSPS) is 23.4. The molecule has 3 heteroatoms. The molecule has 1 heterocycles. The van der Waals surface area contributed by atoms with Crippen LogP contribution < -0.4 is 0 Å². The first kappa shape index (κ1) is 6.98. The van der Waals surface area contributed by atoms with Crippen molar-refractivity contribution in [3.63, 3.8) is 0 Å². The van der Waals surface area contributed by atoms with Crippen molar-refractivity contribution in [2.24, 2.45) is 0 Å². The molecule has 0 bridgehead atoms. The highest BCUT2D eigenvalue weighted by atomic mass is 32.1. The van der Waals surface area contributed by atoms with E-state index in [2.05, 4.69) is 0 Å². The first-order valence-corrected chi connectivity index (χ1v) is 4.41. The molecule has 0 aromatic carbocycles. The van der Waals surface area contributed by atoms with Crippen LogP contribution in [0.5, 0.6) is 0 Å². The van der Waals surface area contributed by atoms with E-state index >= 15 is 0 Å². The lowest BCUT2D eigenvalue weighted by Crippen LogP contribution is -2.21. The zero-order valence-electron chi connectivity index (χ0n) is 5.84. The summed E-state index contributed by atoms with van der Waals surface area (Å²) in [5, 5.41) is 1.85. The summed E-state index contributed by atoms with van der Waals surface area (Å²) in [5.41, 5.74) is 0.605. The molecule has 1 nitrogen and oxygen atoms in total. The Morgan fingerprint density at radius 1 is 1.64 bits per heavy atom. The van der Waals surface area contributed by atoms with Gasteiger partial charge in [0.15, 0.2) is 12.0 Å². The lowest BCUT2D eigenvalue weighted by molar-refractivity contribution is 0.0858. The Labute approximate surface area is 67.9 Å². The van der Waals surface area contributed by atoms with Crippen molar-refractivity contribution in [3.8, 4) is 0 Å². The van der Waals surface area contributed by atoms with Crippen LogP contribution in [0.15, 0.2) is 11.4 Å². The zero-order chi connectivity index (χ0) is 7.84. The number of fused-ring (bicyclic) bond motifs is 1. The number of hydrogen-bond donors (Lipinski definition) is 0. The third-order valence-corrected chi connectivity index (χ3v) is 2.90. The predicted molar refractivity (Wildman–Crippen MR) is 41.9 cm³/mol. The molecule has 0 radical (unpaired) electrons. The number of thiophene rings is 1. The lowest BCUT2D eigenvalue weighted by atomic mass is 9.96. The molecular weight excluding hydrogens is 163 g/mol. The Hall–Kier alpha value is -0.700. The van der Waals surface area contributed by atoms with Gasteiger partial charge < -0.3 is 0 Å². The van der Waals surface area contributed by atoms with E-state index in [4.69, 9.17) is 0 Å². The molecule has 0 saturated carbocycles. The van der Waals surface area contributed by atoms with Gasteiger partial charge in [-0.05, 0) is 24.3 Å². The fourth-order valence-electron chi connectivity index (χ4n) is 1.31. The summed E-state index contributed by atoms with van der Waals surface area (Å²) < 4.78 is 12.8. The van der Waals surface area contributed by atoms with Gasteiger partial charge in [-0.1, -0.05) is 0 Å². The molecule has 0 saturated heterocycles. The zero-order valence-corrected chi connectivity index (χ0v) is 6.66. The molecule has 1 aliphatic carbocycles. The quantitative estimate of drug-likeness (QED) is 0.583.